The van der Waals surface area contributed by atoms with E-state index in [0.717, 1.165) is 22.4 Å². The van der Waals surface area contributed by atoms with Gasteiger partial charge < -0.3 is 14.2 Å². The normalized spacial score (nSPS) is 13.4. The summed E-state index contributed by atoms with van der Waals surface area (Å²) in [5, 5.41) is 0. The number of carbonyl (C=O) groups excluding carboxylic acids is 2. The van der Waals surface area contributed by atoms with E-state index < -0.39 is 23.7 Å². The second-order valence-corrected chi connectivity index (χ2v) is 11.3. The van der Waals surface area contributed by atoms with Crippen LogP contribution < -0.4 is 4.74 Å². The number of esters is 1. The highest BCUT2D eigenvalue weighted by molar-refractivity contribution is 5.82. The number of aryl methyl sites for hydroxylation is 1. The quantitative estimate of drug-likeness (QED) is 0.279. The zero-order chi connectivity index (χ0) is 28.2. The number of hydrogen-bond donors (Lipinski definition) is 0. The number of amides is 1. The predicted molar refractivity (Wildman–Crippen MR) is 153 cm³/mol. The fraction of sp³-hybridized carbons (Fsp3) is 0.394. The molecule has 0 radical (unpaired) electrons. The molecule has 1 aliphatic rings. The molecular formula is C33H39NO5. The van der Waals surface area contributed by atoms with Gasteiger partial charge >= 0.3 is 12.1 Å². The topological polar surface area (TPSA) is 65.1 Å². The monoisotopic (exact) mass is 529 g/mol. The summed E-state index contributed by atoms with van der Waals surface area (Å²) in [6, 6.07) is 23.4. The van der Waals surface area contributed by atoms with Crippen LogP contribution in [0.5, 0.6) is 5.75 Å². The van der Waals surface area contributed by atoms with Crippen molar-refractivity contribution in [3.63, 3.8) is 0 Å². The Bertz CT molecular complexity index is 1250. The molecule has 0 fully saturated rings. The fourth-order valence-corrected chi connectivity index (χ4v) is 4.97. The zero-order valence-electron chi connectivity index (χ0n) is 23.8. The van der Waals surface area contributed by atoms with Crippen molar-refractivity contribution < 1.29 is 23.8 Å². The third kappa shape index (κ3) is 6.99. The second-order valence-electron chi connectivity index (χ2n) is 11.3. The van der Waals surface area contributed by atoms with Crippen molar-refractivity contribution in [2.75, 3.05) is 13.7 Å². The van der Waals surface area contributed by atoms with Gasteiger partial charge in [-0.25, -0.2) is 9.59 Å². The molecule has 206 valence electrons. The summed E-state index contributed by atoms with van der Waals surface area (Å²) >= 11 is 0. The number of likely N-dealkylation sites (N-methyl/N-ethyl adjacent to an activating group) is 1. The number of nitrogens with zero attached hydrogens (tertiary/aromatic N) is 1. The Balaban J connectivity index is 1.45. The van der Waals surface area contributed by atoms with Crippen molar-refractivity contribution in [1.82, 2.24) is 4.90 Å². The summed E-state index contributed by atoms with van der Waals surface area (Å²) in [6.45, 7) is 9.63. The van der Waals surface area contributed by atoms with Gasteiger partial charge in [-0.1, -0.05) is 60.7 Å². The van der Waals surface area contributed by atoms with Crippen molar-refractivity contribution in [2.24, 2.45) is 0 Å². The minimum Gasteiger partial charge on any atom is -0.491 e. The Kier molecular flexibility index (Phi) is 8.63. The largest absolute Gasteiger partial charge is 0.491 e. The number of rotatable bonds is 9. The standard InChI is InChI=1S/C33H39NO5/c1-22(2)38-24-18-15-23(16-19-24)17-20-30(31(35)39-33(3,4)5)34(6)32(36)37-21-29-27-13-9-7-11-25(27)26-12-8-10-14-28(26)29/h7-16,18-19,22,29-30H,17,20-21H2,1-6H3. The van der Waals surface area contributed by atoms with Gasteiger partial charge in [-0.2, -0.15) is 0 Å². The SMILES string of the molecule is CC(C)Oc1ccc(CCC(C(=O)OC(C)(C)C)N(C)C(=O)OCC2c3ccccc3-c3ccccc32)cc1. The molecule has 0 N–H and O–H groups in total. The second kappa shape index (κ2) is 11.9. The molecule has 3 aromatic carbocycles. The first-order valence-electron chi connectivity index (χ1n) is 13.6. The van der Waals surface area contributed by atoms with E-state index in [-0.39, 0.29) is 18.6 Å². The van der Waals surface area contributed by atoms with Crippen LogP contribution in [0, 0.1) is 0 Å². The molecule has 6 nitrogen and oxygen atoms in total. The molecule has 1 atom stereocenters. The van der Waals surface area contributed by atoms with E-state index in [9.17, 15) is 9.59 Å². The lowest BCUT2D eigenvalue weighted by atomic mass is 9.98. The molecule has 39 heavy (non-hydrogen) atoms. The molecule has 1 amide bonds. The van der Waals surface area contributed by atoms with E-state index >= 15 is 0 Å². The van der Waals surface area contributed by atoms with E-state index in [1.165, 1.54) is 16.0 Å². The highest BCUT2D eigenvalue weighted by Gasteiger charge is 2.34. The number of fused-ring (bicyclic) bond motifs is 3. The highest BCUT2D eigenvalue weighted by atomic mass is 16.6. The van der Waals surface area contributed by atoms with Crippen LogP contribution in [0.3, 0.4) is 0 Å². The van der Waals surface area contributed by atoms with Gasteiger partial charge in [0.05, 0.1) is 6.10 Å². The van der Waals surface area contributed by atoms with Crippen LogP contribution in [0.15, 0.2) is 72.8 Å². The number of benzene rings is 3. The lowest BCUT2D eigenvalue weighted by Crippen LogP contribution is -2.46. The van der Waals surface area contributed by atoms with Gasteiger partial charge in [0, 0.05) is 13.0 Å². The lowest BCUT2D eigenvalue weighted by molar-refractivity contribution is -0.160. The summed E-state index contributed by atoms with van der Waals surface area (Å²) in [5.74, 6) is 0.299. The first-order chi connectivity index (χ1) is 18.5. The first kappa shape index (κ1) is 28.2. The lowest BCUT2D eigenvalue weighted by Gasteiger charge is -2.30. The van der Waals surface area contributed by atoms with Crippen molar-refractivity contribution in [3.8, 4) is 16.9 Å². The maximum absolute atomic E-state index is 13.3. The molecule has 6 heteroatoms. The van der Waals surface area contributed by atoms with Crippen LogP contribution in [-0.2, 0) is 20.7 Å². The average molecular weight is 530 g/mol. The molecule has 0 bridgehead atoms. The van der Waals surface area contributed by atoms with Gasteiger partial charge in [-0.15, -0.1) is 0 Å². The summed E-state index contributed by atoms with van der Waals surface area (Å²) in [4.78, 5) is 27.8. The van der Waals surface area contributed by atoms with Gasteiger partial charge in [0.2, 0.25) is 0 Å². The third-order valence-corrected chi connectivity index (χ3v) is 6.77. The van der Waals surface area contributed by atoms with Crippen LogP contribution in [0.25, 0.3) is 11.1 Å². The molecule has 4 rings (SSSR count). The van der Waals surface area contributed by atoms with E-state index in [1.54, 1.807) is 7.05 Å². The van der Waals surface area contributed by atoms with E-state index in [1.807, 2.05) is 83.1 Å². The Morgan fingerprint density at radius 1 is 0.872 bits per heavy atom. The maximum atomic E-state index is 13.3. The molecule has 0 aromatic heterocycles. The van der Waals surface area contributed by atoms with Crippen LogP contribution in [0.4, 0.5) is 4.79 Å². The molecule has 0 aliphatic heterocycles. The predicted octanol–water partition coefficient (Wildman–Crippen LogP) is 7.00. The van der Waals surface area contributed by atoms with E-state index in [0.29, 0.717) is 12.8 Å². The minimum atomic E-state index is -0.786. The Morgan fingerprint density at radius 3 is 1.97 bits per heavy atom. The Morgan fingerprint density at radius 2 is 1.44 bits per heavy atom. The highest BCUT2D eigenvalue weighted by Crippen LogP contribution is 2.44. The number of carbonyl (C=O) groups is 2. The van der Waals surface area contributed by atoms with Gasteiger partial charge in [-0.05, 0) is 87.4 Å². The van der Waals surface area contributed by atoms with Gasteiger partial charge in [0.1, 0.15) is 24.0 Å². The van der Waals surface area contributed by atoms with Crippen LogP contribution in [0.1, 0.15) is 63.6 Å². The van der Waals surface area contributed by atoms with Crippen LogP contribution in [-0.4, -0.2) is 48.4 Å². The van der Waals surface area contributed by atoms with E-state index in [2.05, 4.69) is 24.3 Å². The summed E-state index contributed by atoms with van der Waals surface area (Å²) in [5.41, 5.74) is 4.98. The molecular weight excluding hydrogens is 490 g/mol. The van der Waals surface area contributed by atoms with Crippen molar-refractivity contribution >= 4 is 12.1 Å². The van der Waals surface area contributed by atoms with Gasteiger partial charge in [0.25, 0.3) is 0 Å². The van der Waals surface area contributed by atoms with Crippen molar-refractivity contribution in [3.05, 3.63) is 89.5 Å². The first-order valence-corrected chi connectivity index (χ1v) is 13.6. The van der Waals surface area contributed by atoms with Gasteiger partial charge in [-0.3, -0.25) is 4.90 Å². The molecule has 1 aliphatic carbocycles. The smallest absolute Gasteiger partial charge is 0.410 e. The van der Waals surface area contributed by atoms with Crippen molar-refractivity contribution in [1.29, 1.82) is 0 Å². The maximum Gasteiger partial charge on any atom is 0.410 e. The molecule has 3 aromatic rings. The van der Waals surface area contributed by atoms with E-state index in [4.69, 9.17) is 14.2 Å². The fourth-order valence-electron chi connectivity index (χ4n) is 4.97. The minimum absolute atomic E-state index is 0.0544. The molecule has 0 saturated carbocycles. The summed E-state index contributed by atoms with van der Waals surface area (Å²) in [7, 11) is 1.60. The molecule has 0 spiro atoms. The molecule has 0 heterocycles. The van der Waals surface area contributed by atoms with Crippen LogP contribution in [0.2, 0.25) is 0 Å². The van der Waals surface area contributed by atoms with Crippen LogP contribution >= 0.6 is 0 Å². The van der Waals surface area contributed by atoms with Gasteiger partial charge in [0.15, 0.2) is 0 Å². The summed E-state index contributed by atoms with van der Waals surface area (Å²) in [6.07, 6.45) is 0.541. The zero-order valence-corrected chi connectivity index (χ0v) is 23.8. The molecule has 0 saturated heterocycles. The number of hydrogen-bond acceptors (Lipinski definition) is 5. The Hall–Kier alpha value is -3.80. The number of ether oxygens (including phenoxy) is 3. The molecule has 1 unspecified atom stereocenters. The Labute approximate surface area is 231 Å². The average Bonchev–Trinajstić information content (AvgIpc) is 3.20. The van der Waals surface area contributed by atoms with Crippen molar-refractivity contribution in [2.45, 2.75) is 71.1 Å². The summed E-state index contributed by atoms with van der Waals surface area (Å²) < 4.78 is 17.2. The third-order valence-electron chi connectivity index (χ3n) is 6.77.